The lowest BCUT2D eigenvalue weighted by Gasteiger charge is -2.56. The van der Waals surface area contributed by atoms with Crippen molar-refractivity contribution in [2.45, 2.75) is 72.0 Å². The van der Waals surface area contributed by atoms with Crippen LogP contribution >= 0.6 is 0 Å². The van der Waals surface area contributed by atoms with E-state index in [9.17, 15) is 9.59 Å². The standard InChI is InChI=1S/C29H36O4/c1-5-16(2)28(30)33-27-23-12-21-13-24(27)15-22(14-23)26(21)29(31)32-18(4)19-9-10-25-17(3)7-6-8-20(25)11-19/h6-11,16,18,21-24,26-27H,5,12-15H2,1-4H3. The molecule has 4 aliphatic rings. The number of esters is 2. The molecule has 0 heterocycles. The third kappa shape index (κ3) is 4.06. The largest absolute Gasteiger partial charge is 0.462 e. The Morgan fingerprint density at radius 2 is 1.64 bits per heavy atom. The third-order valence-electron chi connectivity index (χ3n) is 8.79. The number of hydrogen-bond acceptors (Lipinski definition) is 4. The molecule has 0 aromatic heterocycles. The van der Waals surface area contributed by atoms with E-state index in [1.165, 1.54) is 16.3 Å². The first-order valence-corrected chi connectivity index (χ1v) is 12.8. The fraction of sp³-hybridized carbons (Fsp3) is 0.586. The van der Waals surface area contributed by atoms with Crippen molar-refractivity contribution in [1.29, 1.82) is 0 Å². The number of ether oxygens (including phenoxy) is 2. The average molecular weight is 449 g/mol. The van der Waals surface area contributed by atoms with Gasteiger partial charge in [-0.15, -0.1) is 0 Å². The molecule has 176 valence electrons. The Labute approximate surface area is 197 Å². The Balaban J connectivity index is 1.24. The van der Waals surface area contributed by atoms with Crippen molar-refractivity contribution < 1.29 is 19.1 Å². The smallest absolute Gasteiger partial charge is 0.310 e. The highest BCUT2D eigenvalue weighted by molar-refractivity contribution is 5.86. The van der Waals surface area contributed by atoms with Gasteiger partial charge >= 0.3 is 11.9 Å². The van der Waals surface area contributed by atoms with Gasteiger partial charge in [-0.05, 0) is 97.6 Å². The van der Waals surface area contributed by atoms with Crippen LogP contribution in [0.3, 0.4) is 0 Å². The fourth-order valence-corrected chi connectivity index (χ4v) is 6.87. The van der Waals surface area contributed by atoms with Crippen molar-refractivity contribution >= 4 is 22.7 Å². The van der Waals surface area contributed by atoms with Crippen LogP contribution in [0.5, 0.6) is 0 Å². The summed E-state index contributed by atoms with van der Waals surface area (Å²) >= 11 is 0. The first kappa shape index (κ1) is 22.4. The highest BCUT2D eigenvalue weighted by Gasteiger charge is 2.56. The van der Waals surface area contributed by atoms with E-state index >= 15 is 0 Å². The molecule has 2 atom stereocenters. The molecule has 6 rings (SSSR count). The SMILES string of the molecule is CCC(C)C(=O)OC1C2CC3CC1CC(C2)C3C(=O)OC(C)c1ccc2c(C)cccc2c1. The highest BCUT2D eigenvalue weighted by atomic mass is 16.5. The number of carbonyl (C=O) groups is 2. The van der Waals surface area contributed by atoms with Crippen LogP contribution in [-0.4, -0.2) is 18.0 Å². The number of fused-ring (bicyclic) bond motifs is 1. The van der Waals surface area contributed by atoms with Gasteiger partial charge < -0.3 is 9.47 Å². The van der Waals surface area contributed by atoms with Crippen LogP contribution in [-0.2, 0) is 19.1 Å². The molecule has 4 heteroatoms. The van der Waals surface area contributed by atoms with Crippen LogP contribution < -0.4 is 0 Å². The van der Waals surface area contributed by atoms with Gasteiger partial charge in [0.2, 0.25) is 0 Å². The van der Waals surface area contributed by atoms with Gasteiger partial charge in [0.1, 0.15) is 12.2 Å². The second-order valence-corrected chi connectivity index (χ2v) is 10.9. The van der Waals surface area contributed by atoms with E-state index in [0.29, 0.717) is 23.7 Å². The molecule has 4 nitrogen and oxygen atoms in total. The van der Waals surface area contributed by atoms with Crippen LogP contribution in [0.1, 0.15) is 70.1 Å². The van der Waals surface area contributed by atoms with Gasteiger partial charge in [0.25, 0.3) is 0 Å². The Kier molecular flexibility index (Phi) is 5.96. The number of carbonyl (C=O) groups excluding carboxylic acids is 2. The first-order valence-electron chi connectivity index (χ1n) is 12.8. The quantitative estimate of drug-likeness (QED) is 0.480. The summed E-state index contributed by atoms with van der Waals surface area (Å²) in [6.07, 6.45) is 4.53. The maximum absolute atomic E-state index is 13.3. The second-order valence-electron chi connectivity index (χ2n) is 10.9. The summed E-state index contributed by atoms with van der Waals surface area (Å²) in [5.74, 6) is 1.42. The van der Waals surface area contributed by atoms with Crippen molar-refractivity contribution in [1.82, 2.24) is 0 Å². The normalized spacial score (nSPS) is 31.9. The number of aryl methyl sites for hydroxylation is 1. The molecule has 0 radical (unpaired) electrons. The molecule has 0 saturated heterocycles. The molecule has 0 spiro atoms. The van der Waals surface area contributed by atoms with Crippen LogP contribution in [0, 0.1) is 42.4 Å². The molecule has 0 amide bonds. The average Bonchev–Trinajstić information content (AvgIpc) is 2.79. The zero-order valence-electron chi connectivity index (χ0n) is 20.3. The molecular formula is C29H36O4. The molecule has 2 aromatic rings. The Morgan fingerprint density at radius 1 is 0.970 bits per heavy atom. The van der Waals surface area contributed by atoms with Gasteiger partial charge in [-0.2, -0.15) is 0 Å². The lowest BCUT2D eigenvalue weighted by Crippen LogP contribution is -2.56. The van der Waals surface area contributed by atoms with Crippen LogP contribution in [0.15, 0.2) is 36.4 Å². The maximum atomic E-state index is 13.3. The van der Waals surface area contributed by atoms with Crippen molar-refractivity contribution in [2.24, 2.45) is 35.5 Å². The number of hydrogen-bond donors (Lipinski definition) is 0. The van der Waals surface area contributed by atoms with Crippen LogP contribution in [0.4, 0.5) is 0 Å². The summed E-state index contributed by atoms with van der Waals surface area (Å²) in [7, 11) is 0. The summed E-state index contributed by atoms with van der Waals surface area (Å²) in [6.45, 7) is 8.07. The summed E-state index contributed by atoms with van der Waals surface area (Å²) in [4.78, 5) is 25.7. The lowest BCUT2D eigenvalue weighted by atomic mass is 9.50. The third-order valence-corrected chi connectivity index (χ3v) is 8.79. The molecule has 2 aromatic carbocycles. The molecule has 4 fully saturated rings. The number of rotatable bonds is 6. The summed E-state index contributed by atoms with van der Waals surface area (Å²) in [5, 5.41) is 2.42. The minimum Gasteiger partial charge on any atom is -0.462 e. The summed E-state index contributed by atoms with van der Waals surface area (Å²) in [5.41, 5.74) is 2.30. The van der Waals surface area contributed by atoms with E-state index < -0.39 is 0 Å². The van der Waals surface area contributed by atoms with Gasteiger partial charge in [-0.1, -0.05) is 44.2 Å². The monoisotopic (exact) mass is 448 g/mol. The van der Waals surface area contributed by atoms with Crippen LogP contribution in [0.2, 0.25) is 0 Å². The first-order chi connectivity index (χ1) is 15.9. The molecule has 0 aliphatic heterocycles. The van der Waals surface area contributed by atoms with E-state index in [1.807, 2.05) is 20.8 Å². The predicted octanol–water partition coefficient (Wildman–Crippen LogP) is 6.39. The second kappa shape index (κ2) is 8.77. The van der Waals surface area contributed by atoms with Gasteiger partial charge in [0.15, 0.2) is 0 Å². The van der Waals surface area contributed by atoms with E-state index in [-0.39, 0.29) is 36.0 Å². The van der Waals surface area contributed by atoms with Crippen LogP contribution in [0.25, 0.3) is 10.8 Å². The van der Waals surface area contributed by atoms with Crippen molar-refractivity contribution in [3.05, 3.63) is 47.5 Å². The topological polar surface area (TPSA) is 52.6 Å². The zero-order valence-corrected chi connectivity index (χ0v) is 20.3. The minimum absolute atomic E-state index is 0.00568. The van der Waals surface area contributed by atoms with E-state index in [0.717, 1.165) is 37.7 Å². The lowest BCUT2D eigenvalue weighted by molar-refractivity contribution is -0.191. The van der Waals surface area contributed by atoms with E-state index in [2.05, 4.69) is 43.3 Å². The van der Waals surface area contributed by atoms with E-state index in [1.54, 1.807) is 0 Å². The van der Waals surface area contributed by atoms with Crippen molar-refractivity contribution in [3.8, 4) is 0 Å². The molecule has 2 unspecified atom stereocenters. The fourth-order valence-electron chi connectivity index (χ4n) is 6.87. The van der Waals surface area contributed by atoms with Gasteiger partial charge in [0.05, 0.1) is 11.8 Å². The summed E-state index contributed by atoms with van der Waals surface area (Å²) in [6, 6.07) is 12.7. The van der Waals surface area contributed by atoms with Gasteiger partial charge in [-0.3, -0.25) is 9.59 Å². The molecule has 0 N–H and O–H groups in total. The summed E-state index contributed by atoms with van der Waals surface area (Å²) < 4.78 is 12.0. The molecule has 33 heavy (non-hydrogen) atoms. The van der Waals surface area contributed by atoms with Gasteiger partial charge in [-0.25, -0.2) is 0 Å². The molecular weight excluding hydrogens is 412 g/mol. The van der Waals surface area contributed by atoms with Gasteiger partial charge in [0, 0.05) is 0 Å². The van der Waals surface area contributed by atoms with E-state index in [4.69, 9.17) is 9.47 Å². The molecule has 4 saturated carbocycles. The highest BCUT2D eigenvalue weighted by Crippen LogP contribution is 2.58. The Hall–Kier alpha value is -2.36. The maximum Gasteiger partial charge on any atom is 0.310 e. The molecule has 4 aliphatic carbocycles. The zero-order chi connectivity index (χ0) is 23.3. The predicted molar refractivity (Wildman–Crippen MR) is 128 cm³/mol. The number of benzene rings is 2. The van der Waals surface area contributed by atoms with Crippen molar-refractivity contribution in [2.75, 3.05) is 0 Å². The van der Waals surface area contributed by atoms with Crippen molar-refractivity contribution in [3.63, 3.8) is 0 Å². The minimum atomic E-state index is -0.260. The Bertz CT molecular complexity index is 1030. The Morgan fingerprint density at radius 3 is 2.27 bits per heavy atom. The molecule has 4 bridgehead atoms.